The molecule has 32 heavy (non-hydrogen) atoms. The Morgan fingerprint density at radius 3 is 2.44 bits per heavy atom. The van der Waals surface area contributed by atoms with E-state index in [9.17, 15) is 13.9 Å². The number of benzene rings is 2. The number of halogens is 2. The van der Waals surface area contributed by atoms with Crippen LogP contribution in [-0.4, -0.2) is 40.3 Å². The first-order valence-corrected chi connectivity index (χ1v) is 10.3. The zero-order chi connectivity index (χ0) is 22.8. The summed E-state index contributed by atoms with van der Waals surface area (Å²) in [6.45, 7) is 1.22. The third-order valence-electron chi connectivity index (χ3n) is 4.66. The lowest BCUT2D eigenvalue weighted by atomic mass is 10.1. The number of nitrogens with one attached hydrogen (secondary N) is 2. The molecular weight excluding hydrogens is 416 g/mol. The van der Waals surface area contributed by atoms with Crippen LogP contribution in [0.1, 0.15) is 29.7 Å². The second-order valence-corrected chi connectivity index (χ2v) is 7.09. The SMILES string of the molecule is CCNC(=NCc1ccc(Cn2ccnc2)cc1)NCC(O)c1ccc(OC(F)F)cc1. The molecule has 0 aliphatic rings. The van der Waals surface area contributed by atoms with Crippen molar-refractivity contribution in [3.05, 3.63) is 83.9 Å². The average molecular weight is 443 g/mol. The van der Waals surface area contributed by atoms with Crippen molar-refractivity contribution in [1.29, 1.82) is 0 Å². The van der Waals surface area contributed by atoms with Crippen molar-refractivity contribution in [2.75, 3.05) is 13.1 Å². The highest BCUT2D eigenvalue weighted by Gasteiger charge is 2.10. The van der Waals surface area contributed by atoms with Crippen molar-refractivity contribution >= 4 is 5.96 Å². The predicted octanol–water partition coefficient (Wildman–Crippen LogP) is 3.32. The molecule has 7 nitrogen and oxygen atoms in total. The van der Waals surface area contributed by atoms with Gasteiger partial charge in [-0.05, 0) is 35.7 Å². The standard InChI is InChI=1S/C23H27F2N5O2/c1-2-27-23(29-14-21(31)19-7-9-20(10-8-19)32-22(24)25)28-13-17-3-5-18(6-4-17)15-30-12-11-26-16-30/h3-12,16,21-22,31H,2,13-15H2,1H3,(H2,27,28,29). The summed E-state index contributed by atoms with van der Waals surface area (Å²) in [6, 6.07) is 14.1. The summed E-state index contributed by atoms with van der Waals surface area (Å²) in [4.78, 5) is 8.61. The number of hydrogen-bond donors (Lipinski definition) is 3. The van der Waals surface area contributed by atoms with E-state index in [-0.39, 0.29) is 12.3 Å². The van der Waals surface area contributed by atoms with Crippen molar-refractivity contribution < 1.29 is 18.6 Å². The maximum absolute atomic E-state index is 12.2. The van der Waals surface area contributed by atoms with Gasteiger partial charge < -0.3 is 25.0 Å². The van der Waals surface area contributed by atoms with E-state index in [2.05, 4.69) is 37.5 Å². The number of imidazole rings is 1. The Bertz CT molecular complexity index is 961. The molecule has 9 heteroatoms. The first-order chi connectivity index (χ1) is 15.5. The Labute approximate surface area is 185 Å². The van der Waals surface area contributed by atoms with Gasteiger partial charge in [-0.25, -0.2) is 9.98 Å². The van der Waals surface area contributed by atoms with E-state index in [1.54, 1.807) is 24.7 Å². The average Bonchev–Trinajstić information content (AvgIpc) is 3.29. The van der Waals surface area contributed by atoms with Crippen LogP contribution >= 0.6 is 0 Å². The van der Waals surface area contributed by atoms with E-state index in [1.807, 2.05) is 29.8 Å². The van der Waals surface area contributed by atoms with Gasteiger partial charge in [0.2, 0.25) is 0 Å². The molecule has 0 saturated carbocycles. The Kier molecular flexibility index (Phi) is 8.56. The molecule has 0 bridgehead atoms. The molecule has 0 fully saturated rings. The van der Waals surface area contributed by atoms with Gasteiger partial charge in [-0.3, -0.25) is 0 Å². The summed E-state index contributed by atoms with van der Waals surface area (Å²) in [7, 11) is 0. The normalized spacial score (nSPS) is 12.6. The lowest BCUT2D eigenvalue weighted by Crippen LogP contribution is -2.39. The van der Waals surface area contributed by atoms with Crippen molar-refractivity contribution in [2.45, 2.75) is 32.7 Å². The topological polar surface area (TPSA) is 83.7 Å². The Balaban J connectivity index is 1.52. The van der Waals surface area contributed by atoms with Gasteiger partial charge in [-0.2, -0.15) is 8.78 Å². The number of aliphatic imine (C=N–C) groups is 1. The first-order valence-electron chi connectivity index (χ1n) is 10.3. The van der Waals surface area contributed by atoms with Crippen molar-refractivity contribution in [2.24, 2.45) is 4.99 Å². The second kappa shape index (κ2) is 11.8. The van der Waals surface area contributed by atoms with Crippen molar-refractivity contribution in [3.8, 4) is 5.75 Å². The van der Waals surface area contributed by atoms with E-state index >= 15 is 0 Å². The molecule has 170 valence electrons. The van der Waals surface area contributed by atoms with Crippen molar-refractivity contribution in [1.82, 2.24) is 20.2 Å². The minimum Gasteiger partial charge on any atom is -0.435 e. The number of alkyl halides is 2. The summed E-state index contributed by atoms with van der Waals surface area (Å²) >= 11 is 0. The molecule has 2 aromatic carbocycles. The molecule has 3 N–H and O–H groups in total. The molecule has 0 saturated heterocycles. The summed E-state index contributed by atoms with van der Waals surface area (Å²) in [6.07, 6.45) is 4.63. The number of rotatable bonds is 10. The number of ether oxygens (including phenoxy) is 1. The monoisotopic (exact) mass is 443 g/mol. The molecule has 1 atom stereocenters. The third-order valence-corrected chi connectivity index (χ3v) is 4.66. The third kappa shape index (κ3) is 7.35. The van der Waals surface area contributed by atoms with E-state index in [0.29, 0.717) is 24.6 Å². The Hall–Kier alpha value is -3.46. The van der Waals surface area contributed by atoms with Gasteiger partial charge in [-0.15, -0.1) is 0 Å². The predicted molar refractivity (Wildman–Crippen MR) is 119 cm³/mol. The van der Waals surface area contributed by atoms with E-state index in [0.717, 1.165) is 12.1 Å². The molecule has 0 aliphatic heterocycles. The van der Waals surface area contributed by atoms with Gasteiger partial charge in [0.25, 0.3) is 0 Å². The molecule has 0 amide bonds. The summed E-state index contributed by atoms with van der Waals surface area (Å²) < 4.78 is 30.8. The van der Waals surface area contributed by atoms with Crippen LogP contribution in [0.2, 0.25) is 0 Å². The highest BCUT2D eigenvalue weighted by molar-refractivity contribution is 5.79. The molecular formula is C23H27F2N5O2. The first kappa shape index (κ1) is 23.2. The van der Waals surface area contributed by atoms with Gasteiger partial charge in [0, 0.05) is 32.0 Å². The van der Waals surface area contributed by atoms with Crippen LogP contribution in [0.25, 0.3) is 0 Å². The fourth-order valence-electron chi connectivity index (χ4n) is 3.04. The fraction of sp³-hybridized carbons (Fsp3) is 0.304. The van der Waals surface area contributed by atoms with Crippen LogP contribution in [0, 0.1) is 0 Å². The van der Waals surface area contributed by atoms with Crippen LogP contribution in [0.3, 0.4) is 0 Å². The Morgan fingerprint density at radius 2 is 1.81 bits per heavy atom. The number of hydrogen-bond acceptors (Lipinski definition) is 4. The molecule has 0 spiro atoms. The number of aliphatic hydroxyl groups is 1. The Morgan fingerprint density at radius 1 is 1.09 bits per heavy atom. The zero-order valence-corrected chi connectivity index (χ0v) is 17.8. The maximum Gasteiger partial charge on any atom is 0.387 e. The molecule has 0 radical (unpaired) electrons. The molecule has 1 unspecified atom stereocenters. The summed E-state index contributed by atoms with van der Waals surface area (Å²) in [5, 5.41) is 16.6. The highest BCUT2D eigenvalue weighted by Crippen LogP contribution is 2.19. The maximum atomic E-state index is 12.2. The van der Waals surface area contributed by atoms with Gasteiger partial charge in [0.05, 0.1) is 19.0 Å². The van der Waals surface area contributed by atoms with E-state index in [1.165, 1.54) is 17.7 Å². The highest BCUT2D eigenvalue weighted by atomic mass is 19.3. The lowest BCUT2D eigenvalue weighted by Gasteiger charge is -2.16. The van der Waals surface area contributed by atoms with Gasteiger partial charge >= 0.3 is 6.61 Å². The molecule has 3 rings (SSSR count). The lowest BCUT2D eigenvalue weighted by molar-refractivity contribution is -0.0498. The van der Waals surface area contributed by atoms with Crippen LogP contribution < -0.4 is 15.4 Å². The molecule has 1 aromatic heterocycles. The molecule has 1 heterocycles. The zero-order valence-electron chi connectivity index (χ0n) is 17.8. The smallest absolute Gasteiger partial charge is 0.387 e. The van der Waals surface area contributed by atoms with Crippen molar-refractivity contribution in [3.63, 3.8) is 0 Å². The minimum absolute atomic E-state index is 0.0508. The van der Waals surface area contributed by atoms with Gasteiger partial charge in [0.15, 0.2) is 5.96 Å². The minimum atomic E-state index is -2.88. The van der Waals surface area contributed by atoms with Crippen LogP contribution in [0.4, 0.5) is 8.78 Å². The fourth-order valence-corrected chi connectivity index (χ4v) is 3.04. The van der Waals surface area contributed by atoms with Gasteiger partial charge in [0.1, 0.15) is 5.75 Å². The molecule has 0 aliphatic carbocycles. The van der Waals surface area contributed by atoms with E-state index < -0.39 is 12.7 Å². The van der Waals surface area contributed by atoms with E-state index in [4.69, 9.17) is 0 Å². The summed E-state index contributed by atoms with van der Waals surface area (Å²) in [5.41, 5.74) is 2.82. The molecule has 3 aromatic rings. The number of aromatic nitrogens is 2. The second-order valence-electron chi connectivity index (χ2n) is 7.09. The number of nitrogens with zero attached hydrogens (tertiary/aromatic N) is 3. The van der Waals surface area contributed by atoms with Crippen LogP contribution in [0.15, 0.2) is 72.2 Å². The number of guanidine groups is 1. The largest absolute Gasteiger partial charge is 0.435 e. The number of aliphatic hydroxyl groups excluding tert-OH is 1. The summed E-state index contributed by atoms with van der Waals surface area (Å²) in [5.74, 6) is 0.626. The van der Waals surface area contributed by atoms with Crippen LogP contribution in [0.5, 0.6) is 5.75 Å². The van der Waals surface area contributed by atoms with Gasteiger partial charge in [-0.1, -0.05) is 36.4 Å². The quantitative estimate of drug-likeness (QED) is 0.331. The van der Waals surface area contributed by atoms with Crippen LogP contribution in [-0.2, 0) is 13.1 Å².